The first-order valence-electron chi connectivity index (χ1n) is 8.17. The Kier molecular flexibility index (Phi) is 4.95. The summed E-state index contributed by atoms with van der Waals surface area (Å²) < 4.78 is 5.81. The van der Waals surface area contributed by atoms with Crippen molar-refractivity contribution in [1.29, 1.82) is 0 Å². The highest BCUT2D eigenvalue weighted by Gasteiger charge is 2.13. The van der Waals surface area contributed by atoms with Crippen molar-refractivity contribution in [1.82, 2.24) is 9.97 Å². The number of carbonyl (C=O) groups is 1. The van der Waals surface area contributed by atoms with Crippen LogP contribution in [-0.2, 0) is 0 Å². The molecule has 3 aromatic heterocycles. The van der Waals surface area contributed by atoms with Gasteiger partial charge in [0.1, 0.15) is 22.2 Å². The van der Waals surface area contributed by atoms with Crippen LogP contribution in [0, 0.1) is 6.92 Å². The van der Waals surface area contributed by atoms with Gasteiger partial charge < -0.3 is 10.1 Å². The van der Waals surface area contributed by atoms with Gasteiger partial charge in [-0.05, 0) is 54.3 Å². The zero-order valence-corrected chi connectivity index (χ0v) is 16.0. The summed E-state index contributed by atoms with van der Waals surface area (Å²) in [6.07, 6.45) is 3.35. The first kappa shape index (κ1) is 17.4. The molecule has 0 aliphatic carbocycles. The van der Waals surface area contributed by atoms with E-state index in [1.54, 1.807) is 29.1 Å². The fourth-order valence-electron chi connectivity index (χ4n) is 2.47. The molecule has 0 aliphatic heterocycles. The molecular formula is C20H15N3O2S2. The van der Waals surface area contributed by atoms with Crippen molar-refractivity contribution in [3.8, 4) is 22.1 Å². The zero-order chi connectivity index (χ0) is 18.6. The Morgan fingerprint density at radius 2 is 2.11 bits per heavy atom. The number of thiazole rings is 1. The van der Waals surface area contributed by atoms with Crippen molar-refractivity contribution < 1.29 is 9.53 Å². The molecule has 0 saturated heterocycles. The first-order chi connectivity index (χ1) is 13.2. The van der Waals surface area contributed by atoms with Crippen molar-refractivity contribution in [2.75, 3.05) is 5.32 Å². The number of nitrogens with one attached hydrogen (secondary N) is 1. The van der Waals surface area contributed by atoms with Crippen molar-refractivity contribution in [2.24, 2.45) is 0 Å². The molecule has 134 valence electrons. The number of benzene rings is 1. The van der Waals surface area contributed by atoms with Gasteiger partial charge >= 0.3 is 0 Å². The van der Waals surface area contributed by atoms with Crippen LogP contribution >= 0.6 is 22.7 Å². The molecule has 1 N–H and O–H groups in total. The molecule has 0 spiro atoms. The Bertz CT molecular complexity index is 1060. The highest BCUT2D eigenvalue weighted by molar-refractivity contribution is 7.14. The monoisotopic (exact) mass is 393 g/mol. The van der Waals surface area contributed by atoms with E-state index in [-0.39, 0.29) is 5.91 Å². The summed E-state index contributed by atoms with van der Waals surface area (Å²) in [6.45, 7) is 1.93. The molecule has 4 rings (SSSR count). The topological polar surface area (TPSA) is 64.1 Å². The van der Waals surface area contributed by atoms with E-state index in [9.17, 15) is 4.79 Å². The molecule has 27 heavy (non-hydrogen) atoms. The van der Waals surface area contributed by atoms with Crippen LogP contribution in [-0.4, -0.2) is 15.9 Å². The largest absolute Gasteiger partial charge is 0.455 e. The normalized spacial score (nSPS) is 10.6. The average molecular weight is 393 g/mol. The van der Waals surface area contributed by atoms with Crippen LogP contribution in [0.5, 0.6) is 11.5 Å². The molecule has 0 unspecified atom stereocenters. The van der Waals surface area contributed by atoms with E-state index in [4.69, 9.17) is 4.74 Å². The van der Waals surface area contributed by atoms with Gasteiger partial charge in [0, 0.05) is 28.2 Å². The third-order valence-electron chi connectivity index (χ3n) is 3.80. The number of aryl methyl sites for hydroxylation is 1. The Labute approximate surface area is 164 Å². The molecule has 1 amide bonds. The third-order valence-corrected chi connectivity index (χ3v) is 5.37. The molecule has 5 nitrogen and oxygen atoms in total. The lowest BCUT2D eigenvalue weighted by Crippen LogP contribution is -2.12. The van der Waals surface area contributed by atoms with Gasteiger partial charge in [-0.3, -0.25) is 9.78 Å². The second-order valence-electron chi connectivity index (χ2n) is 5.78. The quantitative estimate of drug-likeness (QED) is 0.478. The van der Waals surface area contributed by atoms with E-state index < -0.39 is 0 Å². The minimum atomic E-state index is -0.229. The highest BCUT2D eigenvalue weighted by atomic mass is 32.1. The highest BCUT2D eigenvalue weighted by Crippen LogP contribution is 2.28. The summed E-state index contributed by atoms with van der Waals surface area (Å²) in [5.41, 5.74) is 3.06. The van der Waals surface area contributed by atoms with E-state index in [0.717, 1.165) is 21.9 Å². The molecule has 7 heteroatoms. The van der Waals surface area contributed by atoms with E-state index in [0.29, 0.717) is 17.1 Å². The van der Waals surface area contributed by atoms with Gasteiger partial charge in [0.05, 0.1) is 6.20 Å². The molecule has 3 heterocycles. The van der Waals surface area contributed by atoms with Crippen molar-refractivity contribution in [2.45, 2.75) is 6.92 Å². The predicted octanol–water partition coefficient (Wildman–Crippen LogP) is 5.62. The number of ether oxygens (including phenoxy) is 1. The molecule has 4 aromatic rings. The predicted molar refractivity (Wildman–Crippen MR) is 109 cm³/mol. The summed E-state index contributed by atoms with van der Waals surface area (Å²) in [6, 6.07) is 11.2. The molecular weight excluding hydrogens is 378 g/mol. The van der Waals surface area contributed by atoms with Crippen LogP contribution in [0.4, 0.5) is 5.69 Å². The number of anilines is 1. The maximum atomic E-state index is 12.5. The van der Waals surface area contributed by atoms with Gasteiger partial charge in [-0.15, -0.1) is 11.3 Å². The van der Waals surface area contributed by atoms with Gasteiger partial charge in [-0.25, -0.2) is 4.98 Å². The smallest absolute Gasteiger partial charge is 0.275 e. The number of amides is 1. The van der Waals surface area contributed by atoms with Gasteiger partial charge in [0.2, 0.25) is 0 Å². The second-order valence-corrected chi connectivity index (χ2v) is 7.41. The molecule has 0 radical (unpaired) electrons. The number of hydrogen-bond acceptors (Lipinski definition) is 6. The van der Waals surface area contributed by atoms with Crippen LogP contribution in [0.1, 0.15) is 16.1 Å². The van der Waals surface area contributed by atoms with E-state index >= 15 is 0 Å². The fraction of sp³-hybridized carbons (Fsp3) is 0.0500. The van der Waals surface area contributed by atoms with Crippen LogP contribution in [0.3, 0.4) is 0 Å². The number of hydrogen-bond donors (Lipinski definition) is 1. The maximum absolute atomic E-state index is 12.5. The first-order valence-corrected chi connectivity index (χ1v) is 9.99. The number of aromatic nitrogens is 2. The van der Waals surface area contributed by atoms with Gasteiger partial charge in [0.25, 0.3) is 5.91 Å². The molecule has 0 atom stereocenters. The number of thiophene rings is 1. The summed E-state index contributed by atoms with van der Waals surface area (Å²) >= 11 is 3.07. The van der Waals surface area contributed by atoms with E-state index in [2.05, 4.69) is 15.3 Å². The average Bonchev–Trinajstić information content (AvgIpc) is 3.36. The Morgan fingerprint density at radius 3 is 2.85 bits per heavy atom. The Hall–Kier alpha value is -3.03. The second kappa shape index (κ2) is 7.69. The van der Waals surface area contributed by atoms with Gasteiger partial charge in [-0.1, -0.05) is 0 Å². The maximum Gasteiger partial charge on any atom is 0.275 e. The van der Waals surface area contributed by atoms with Crippen molar-refractivity contribution in [3.05, 3.63) is 76.2 Å². The van der Waals surface area contributed by atoms with Crippen LogP contribution in [0.25, 0.3) is 10.6 Å². The lowest BCUT2D eigenvalue weighted by molar-refractivity contribution is 0.102. The Balaban J connectivity index is 1.46. The lowest BCUT2D eigenvalue weighted by atomic mass is 10.2. The number of rotatable bonds is 5. The summed E-state index contributed by atoms with van der Waals surface area (Å²) in [5.74, 6) is 1.16. The van der Waals surface area contributed by atoms with Crippen molar-refractivity contribution >= 4 is 34.3 Å². The molecule has 0 aliphatic rings. The minimum Gasteiger partial charge on any atom is -0.455 e. The number of pyridine rings is 1. The van der Waals surface area contributed by atoms with Crippen LogP contribution in [0.15, 0.2) is 64.9 Å². The lowest BCUT2D eigenvalue weighted by Gasteiger charge is -2.10. The SMILES string of the molecule is Cc1cc(NC(=O)c2csc(-c3ccsc3)n2)ccc1Oc1cccnc1. The van der Waals surface area contributed by atoms with Crippen LogP contribution < -0.4 is 10.1 Å². The summed E-state index contributed by atoms with van der Waals surface area (Å²) in [5, 5.41) is 9.52. The van der Waals surface area contributed by atoms with E-state index in [1.165, 1.54) is 11.3 Å². The Morgan fingerprint density at radius 1 is 1.19 bits per heavy atom. The number of nitrogens with zero attached hydrogens (tertiary/aromatic N) is 2. The van der Waals surface area contributed by atoms with Crippen LogP contribution in [0.2, 0.25) is 0 Å². The molecule has 0 saturated carbocycles. The van der Waals surface area contributed by atoms with Gasteiger partial charge in [0.15, 0.2) is 0 Å². The summed E-state index contributed by atoms with van der Waals surface area (Å²) in [7, 11) is 0. The number of carbonyl (C=O) groups excluding carboxylic acids is 1. The third kappa shape index (κ3) is 4.05. The molecule has 0 fully saturated rings. The zero-order valence-electron chi connectivity index (χ0n) is 14.4. The summed E-state index contributed by atoms with van der Waals surface area (Å²) in [4.78, 5) is 20.9. The fourth-order valence-corrected chi connectivity index (χ4v) is 3.98. The van der Waals surface area contributed by atoms with Crippen molar-refractivity contribution in [3.63, 3.8) is 0 Å². The standard InChI is InChI=1S/C20H15N3O2S2/c1-13-9-15(4-5-18(13)25-16-3-2-7-21-10-16)22-19(24)17-12-27-20(23-17)14-6-8-26-11-14/h2-12H,1H3,(H,22,24). The van der Waals surface area contributed by atoms with Gasteiger partial charge in [-0.2, -0.15) is 11.3 Å². The van der Waals surface area contributed by atoms with E-state index in [1.807, 2.05) is 54.1 Å². The molecule has 0 bridgehead atoms. The minimum absolute atomic E-state index is 0.229. The molecule has 1 aromatic carbocycles.